The van der Waals surface area contributed by atoms with Crippen LogP contribution in [0.15, 0.2) is 48.2 Å². The van der Waals surface area contributed by atoms with Crippen LogP contribution < -0.4 is 14.8 Å². The molecule has 1 amide bonds. The molecule has 24 heavy (non-hydrogen) atoms. The molecular formula is C18H17N3O3. The molecule has 1 heterocycles. The quantitative estimate of drug-likeness (QED) is 0.651. The fourth-order valence-corrected chi connectivity index (χ4v) is 2.03. The topological polar surface area (TPSA) is 84.2 Å². The summed E-state index contributed by atoms with van der Waals surface area (Å²) in [5.41, 5.74) is 1.38. The minimum Gasteiger partial charge on any atom is -0.493 e. The first-order valence-corrected chi connectivity index (χ1v) is 7.20. The van der Waals surface area contributed by atoms with Crippen LogP contribution in [0, 0.1) is 11.3 Å². The number of carbonyl (C=O) groups is 1. The van der Waals surface area contributed by atoms with Crippen LogP contribution in [0.4, 0.5) is 0 Å². The van der Waals surface area contributed by atoms with E-state index in [1.165, 1.54) is 13.2 Å². The van der Waals surface area contributed by atoms with Gasteiger partial charge in [0, 0.05) is 6.20 Å². The second-order valence-corrected chi connectivity index (χ2v) is 4.79. The van der Waals surface area contributed by atoms with E-state index in [9.17, 15) is 10.1 Å². The van der Waals surface area contributed by atoms with Gasteiger partial charge in [-0.25, -0.2) is 0 Å². The summed E-state index contributed by atoms with van der Waals surface area (Å²) in [6.07, 6.45) is 3.14. The van der Waals surface area contributed by atoms with Crippen molar-refractivity contribution in [1.82, 2.24) is 10.3 Å². The van der Waals surface area contributed by atoms with Gasteiger partial charge in [-0.05, 0) is 35.9 Å². The van der Waals surface area contributed by atoms with Crippen molar-refractivity contribution in [3.8, 4) is 17.6 Å². The van der Waals surface area contributed by atoms with Crippen molar-refractivity contribution in [3.05, 3.63) is 59.4 Å². The summed E-state index contributed by atoms with van der Waals surface area (Å²) >= 11 is 0. The summed E-state index contributed by atoms with van der Waals surface area (Å²) in [6.45, 7) is 0.255. The molecule has 0 atom stereocenters. The summed E-state index contributed by atoms with van der Waals surface area (Å²) in [5.74, 6) is 0.642. The molecule has 0 radical (unpaired) electrons. The number of methoxy groups -OCH3 is 2. The standard InChI is InChI=1S/C18H17N3O3/c1-23-16-7-6-13(10-17(16)24-2)9-14(11-19)18(22)21-12-15-5-3-4-8-20-15/h3-10H,12H2,1-2H3,(H,21,22)/b14-9+. The van der Waals surface area contributed by atoms with Crippen LogP contribution in [0.25, 0.3) is 6.08 Å². The van der Waals surface area contributed by atoms with Crippen molar-refractivity contribution >= 4 is 12.0 Å². The van der Waals surface area contributed by atoms with Crippen molar-refractivity contribution < 1.29 is 14.3 Å². The zero-order chi connectivity index (χ0) is 17.4. The first kappa shape index (κ1) is 17.0. The van der Waals surface area contributed by atoms with Gasteiger partial charge in [0.1, 0.15) is 11.6 Å². The summed E-state index contributed by atoms with van der Waals surface area (Å²) in [5, 5.41) is 11.9. The summed E-state index contributed by atoms with van der Waals surface area (Å²) in [7, 11) is 3.06. The predicted octanol–water partition coefficient (Wildman–Crippen LogP) is 2.32. The maximum Gasteiger partial charge on any atom is 0.262 e. The van der Waals surface area contributed by atoms with E-state index in [-0.39, 0.29) is 12.1 Å². The normalized spacial score (nSPS) is 10.6. The van der Waals surface area contributed by atoms with E-state index < -0.39 is 5.91 Å². The Labute approximate surface area is 140 Å². The van der Waals surface area contributed by atoms with E-state index in [1.807, 2.05) is 12.1 Å². The van der Waals surface area contributed by atoms with Crippen LogP contribution in [-0.2, 0) is 11.3 Å². The summed E-state index contributed by atoms with van der Waals surface area (Å²) < 4.78 is 10.4. The van der Waals surface area contributed by atoms with Crippen LogP contribution in [0.1, 0.15) is 11.3 Å². The number of hydrogen-bond acceptors (Lipinski definition) is 5. The summed E-state index contributed by atoms with van der Waals surface area (Å²) in [6, 6.07) is 12.5. The number of nitrogens with zero attached hydrogens (tertiary/aromatic N) is 2. The maximum atomic E-state index is 12.1. The number of rotatable bonds is 6. The Balaban J connectivity index is 2.13. The molecule has 6 nitrogen and oxygen atoms in total. The van der Waals surface area contributed by atoms with Gasteiger partial charge in [0.15, 0.2) is 11.5 Å². The van der Waals surface area contributed by atoms with Gasteiger partial charge in [-0.15, -0.1) is 0 Å². The van der Waals surface area contributed by atoms with E-state index in [0.29, 0.717) is 22.8 Å². The molecule has 0 aliphatic carbocycles. The molecule has 0 spiro atoms. The molecule has 2 rings (SSSR count). The number of carbonyl (C=O) groups excluding carboxylic acids is 1. The summed E-state index contributed by atoms with van der Waals surface area (Å²) in [4.78, 5) is 16.3. The van der Waals surface area contributed by atoms with Gasteiger partial charge < -0.3 is 14.8 Å². The van der Waals surface area contributed by atoms with Gasteiger partial charge in [0.25, 0.3) is 5.91 Å². The Morgan fingerprint density at radius 2 is 2.04 bits per heavy atom. The van der Waals surface area contributed by atoms with Crippen LogP contribution >= 0.6 is 0 Å². The molecule has 1 aromatic heterocycles. The Kier molecular flexibility index (Phi) is 5.92. The zero-order valence-corrected chi connectivity index (χ0v) is 13.4. The van der Waals surface area contributed by atoms with E-state index in [0.717, 1.165) is 0 Å². The number of ether oxygens (including phenoxy) is 2. The smallest absolute Gasteiger partial charge is 0.262 e. The second kappa shape index (κ2) is 8.34. The largest absolute Gasteiger partial charge is 0.493 e. The molecule has 1 N–H and O–H groups in total. The van der Waals surface area contributed by atoms with Gasteiger partial charge in [0.2, 0.25) is 0 Å². The molecule has 0 fully saturated rings. The maximum absolute atomic E-state index is 12.1. The van der Waals surface area contributed by atoms with E-state index in [4.69, 9.17) is 9.47 Å². The monoisotopic (exact) mass is 323 g/mol. The van der Waals surface area contributed by atoms with Gasteiger partial charge >= 0.3 is 0 Å². The number of nitriles is 1. The number of benzene rings is 1. The number of nitrogens with one attached hydrogen (secondary N) is 1. The van der Waals surface area contributed by atoms with Gasteiger partial charge in [0.05, 0.1) is 26.5 Å². The van der Waals surface area contributed by atoms with Crippen molar-refractivity contribution in [2.45, 2.75) is 6.54 Å². The molecule has 1 aromatic carbocycles. The fourth-order valence-electron chi connectivity index (χ4n) is 2.03. The molecule has 0 unspecified atom stereocenters. The number of pyridine rings is 1. The molecule has 0 bridgehead atoms. The third-order valence-electron chi connectivity index (χ3n) is 3.24. The zero-order valence-electron chi connectivity index (χ0n) is 13.4. The van der Waals surface area contributed by atoms with Crippen molar-refractivity contribution in [1.29, 1.82) is 5.26 Å². The highest BCUT2D eigenvalue weighted by Gasteiger charge is 2.10. The lowest BCUT2D eigenvalue weighted by molar-refractivity contribution is -0.117. The highest BCUT2D eigenvalue weighted by Crippen LogP contribution is 2.28. The molecule has 122 valence electrons. The number of amides is 1. The number of hydrogen-bond donors (Lipinski definition) is 1. The fraction of sp³-hybridized carbons (Fsp3) is 0.167. The van der Waals surface area contributed by atoms with E-state index >= 15 is 0 Å². The van der Waals surface area contributed by atoms with Crippen LogP contribution in [0.3, 0.4) is 0 Å². The number of aromatic nitrogens is 1. The molecule has 0 saturated heterocycles. The van der Waals surface area contributed by atoms with Crippen molar-refractivity contribution in [2.75, 3.05) is 14.2 Å². The first-order chi connectivity index (χ1) is 11.7. The third kappa shape index (κ3) is 4.34. The second-order valence-electron chi connectivity index (χ2n) is 4.79. The van der Waals surface area contributed by atoms with Crippen molar-refractivity contribution in [3.63, 3.8) is 0 Å². The Bertz CT molecular complexity index is 780. The van der Waals surface area contributed by atoms with Crippen LogP contribution in [0.5, 0.6) is 11.5 Å². The lowest BCUT2D eigenvalue weighted by atomic mass is 10.1. The average molecular weight is 323 g/mol. The third-order valence-corrected chi connectivity index (χ3v) is 3.24. The van der Waals surface area contributed by atoms with E-state index in [1.54, 1.807) is 43.6 Å². The molecular weight excluding hydrogens is 306 g/mol. The molecule has 2 aromatic rings. The predicted molar refractivity (Wildman–Crippen MR) is 89.2 cm³/mol. The lowest BCUT2D eigenvalue weighted by Gasteiger charge is -2.08. The van der Waals surface area contributed by atoms with Gasteiger partial charge in [-0.2, -0.15) is 5.26 Å². The SMILES string of the molecule is COc1ccc(/C=C(\C#N)C(=O)NCc2ccccn2)cc1OC. The minimum absolute atomic E-state index is 0.00171. The van der Waals surface area contributed by atoms with Gasteiger partial charge in [-0.1, -0.05) is 12.1 Å². The average Bonchev–Trinajstić information content (AvgIpc) is 2.64. The highest BCUT2D eigenvalue weighted by molar-refractivity contribution is 6.01. The van der Waals surface area contributed by atoms with Crippen LogP contribution in [0.2, 0.25) is 0 Å². The molecule has 0 saturated carbocycles. The Morgan fingerprint density at radius 1 is 1.25 bits per heavy atom. The molecule has 0 aliphatic heterocycles. The highest BCUT2D eigenvalue weighted by atomic mass is 16.5. The van der Waals surface area contributed by atoms with Gasteiger partial charge in [-0.3, -0.25) is 9.78 Å². The Hall–Kier alpha value is -3.33. The van der Waals surface area contributed by atoms with Crippen LogP contribution in [-0.4, -0.2) is 25.1 Å². The van der Waals surface area contributed by atoms with E-state index in [2.05, 4.69) is 10.3 Å². The Morgan fingerprint density at radius 3 is 2.67 bits per heavy atom. The lowest BCUT2D eigenvalue weighted by Crippen LogP contribution is -2.24. The minimum atomic E-state index is -0.460. The molecule has 0 aliphatic rings. The van der Waals surface area contributed by atoms with Crippen molar-refractivity contribution in [2.24, 2.45) is 0 Å². The first-order valence-electron chi connectivity index (χ1n) is 7.20. The molecule has 6 heteroatoms.